The Balaban J connectivity index is 2.17. The van der Waals surface area contributed by atoms with Crippen molar-refractivity contribution in [2.24, 2.45) is 0 Å². The SMILES string of the molecule is CC/C=C\C/C=C\C/C=C\C/C=C\C/C=C\C/C=C\C/C=C\C/C=C\C/C=C\CCCCCCCCCCCC(=O)NC(COC1OC(CO)C(O)C(O)C1O)C(O)/C=C/CC/C=C/CCCCCCC. The summed E-state index contributed by atoms with van der Waals surface area (Å²) >= 11 is 0. The Labute approximate surface area is 432 Å². The van der Waals surface area contributed by atoms with Crippen LogP contribution in [0.25, 0.3) is 0 Å². The minimum Gasteiger partial charge on any atom is -0.394 e. The quantitative estimate of drug-likeness (QED) is 0.0261. The van der Waals surface area contributed by atoms with Crippen LogP contribution in [-0.4, -0.2) is 87.5 Å². The van der Waals surface area contributed by atoms with Gasteiger partial charge in [-0.2, -0.15) is 0 Å². The van der Waals surface area contributed by atoms with Crippen LogP contribution in [0.5, 0.6) is 0 Å². The molecule has 1 fully saturated rings. The zero-order chi connectivity index (χ0) is 51.5. The van der Waals surface area contributed by atoms with E-state index in [1.165, 1.54) is 64.2 Å². The molecule has 7 atom stereocenters. The molecule has 1 saturated heterocycles. The normalized spacial score (nSPS) is 20.4. The largest absolute Gasteiger partial charge is 0.394 e. The van der Waals surface area contributed by atoms with Gasteiger partial charge in [0.05, 0.1) is 25.4 Å². The fourth-order valence-electron chi connectivity index (χ4n) is 7.81. The van der Waals surface area contributed by atoms with Crippen LogP contribution in [0.2, 0.25) is 0 Å². The van der Waals surface area contributed by atoms with Gasteiger partial charge in [0, 0.05) is 6.42 Å². The van der Waals surface area contributed by atoms with Gasteiger partial charge in [-0.1, -0.05) is 218 Å². The van der Waals surface area contributed by atoms with Crippen molar-refractivity contribution >= 4 is 5.91 Å². The summed E-state index contributed by atoms with van der Waals surface area (Å²) in [5.41, 5.74) is 0. The molecule has 7 unspecified atom stereocenters. The van der Waals surface area contributed by atoms with Crippen molar-refractivity contribution in [3.05, 3.63) is 134 Å². The first-order valence-electron chi connectivity index (χ1n) is 27.9. The third kappa shape index (κ3) is 39.5. The Morgan fingerprint density at radius 2 is 0.887 bits per heavy atom. The molecule has 0 radical (unpaired) electrons. The number of hydrogen-bond acceptors (Lipinski definition) is 8. The second-order valence-corrected chi connectivity index (χ2v) is 18.6. The molecule has 9 heteroatoms. The highest BCUT2D eigenvalue weighted by atomic mass is 16.7. The smallest absolute Gasteiger partial charge is 0.220 e. The van der Waals surface area contributed by atoms with Crippen LogP contribution in [-0.2, 0) is 14.3 Å². The number of carbonyl (C=O) groups is 1. The highest BCUT2D eigenvalue weighted by molar-refractivity contribution is 5.76. The molecule has 1 heterocycles. The molecule has 1 aliphatic rings. The van der Waals surface area contributed by atoms with Crippen molar-refractivity contribution in [3.8, 4) is 0 Å². The van der Waals surface area contributed by atoms with Crippen molar-refractivity contribution in [2.75, 3.05) is 13.2 Å². The van der Waals surface area contributed by atoms with Crippen molar-refractivity contribution in [1.29, 1.82) is 0 Å². The fraction of sp³-hybridized carbons (Fsp3) is 0.629. The second kappa shape index (κ2) is 49.9. The van der Waals surface area contributed by atoms with Gasteiger partial charge < -0.3 is 40.3 Å². The van der Waals surface area contributed by atoms with E-state index >= 15 is 0 Å². The molecule has 0 aliphatic carbocycles. The predicted molar refractivity (Wildman–Crippen MR) is 299 cm³/mol. The Hall–Kier alpha value is -3.67. The van der Waals surface area contributed by atoms with Crippen LogP contribution >= 0.6 is 0 Å². The van der Waals surface area contributed by atoms with E-state index in [0.717, 1.165) is 109 Å². The number of hydrogen-bond donors (Lipinski definition) is 6. The first-order valence-corrected chi connectivity index (χ1v) is 27.9. The Kier molecular flexibility index (Phi) is 45.9. The first kappa shape index (κ1) is 65.3. The van der Waals surface area contributed by atoms with E-state index in [0.29, 0.717) is 6.42 Å². The van der Waals surface area contributed by atoms with Gasteiger partial charge >= 0.3 is 0 Å². The fourth-order valence-corrected chi connectivity index (χ4v) is 7.81. The average molecular weight is 988 g/mol. The lowest BCUT2D eigenvalue weighted by Gasteiger charge is -2.40. The number of ether oxygens (including phenoxy) is 2. The number of carbonyl (C=O) groups excluding carboxylic acids is 1. The lowest BCUT2D eigenvalue weighted by molar-refractivity contribution is -0.302. The molecule has 0 aromatic carbocycles. The average Bonchev–Trinajstić information content (AvgIpc) is 3.37. The maximum Gasteiger partial charge on any atom is 0.220 e. The van der Waals surface area contributed by atoms with E-state index in [2.05, 4.69) is 141 Å². The first-order chi connectivity index (χ1) is 34.8. The van der Waals surface area contributed by atoms with Crippen LogP contribution in [0.15, 0.2) is 134 Å². The minimum absolute atomic E-state index is 0.202. The highest BCUT2D eigenvalue weighted by Gasteiger charge is 2.44. The van der Waals surface area contributed by atoms with Gasteiger partial charge in [-0.3, -0.25) is 4.79 Å². The van der Waals surface area contributed by atoms with Crippen LogP contribution in [0.3, 0.4) is 0 Å². The van der Waals surface area contributed by atoms with E-state index in [9.17, 15) is 30.3 Å². The van der Waals surface area contributed by atoms with E-state index in [1.54, 1.807) is 6.08 Å². The van der Waals surface area contributed by atoms with E-state index < -0.39 is 49.5 Å². The molecule has 0 aromatic rings. The third-order valence-corrected chi connectivity index (χ3v) is 12.2. The van der Waals surface area contributed by atoms with E-state index in [1.807, 2.05) is 6.08 Å². The van der Waals surface area contributed by atoms with Gasteiger partial charge in [-0.15, -0.1) is 0 Å². The molecule has 9 nitrogen and oxygen atoms in total. The lowest BCUT2D eigenvalue weighted by atomic mass is 9.99. The number of aliphatic hydroxyl groups excluding tert-OH is 5. The van der Waals surface area contributed by atoms with Gasteiger partial charge in [-0.25, -0.2) is 0 Å². The molecular weight excluding hydrogens is 887 g/mol. The molecule has 6 N–H and O–H groups in total. The number of rotatable bonds is 45. The van der Waals surface area contributed by atoms with Gasteiger partial charge in [-0.05, 0) is 103 Å². The van der Waals surface area contributed by atoms with Gasteiger partial charge in [0.2, 0.25) is 5.91 Å². The topological polar surface area (TPSA) is 149 Å². The van der Waals surface area contributed by atoms with Crippen molar-refractivity contribution in [3.63, 3.8) is 0 Å². The number of aliphatic hydroxyl groups is 5. The molecule has 71 heavy (non-hydrogen) atoms. The summed E-state index contributed by atoms with van der Waals surface area (Å²) < 4.78 is 11.2. The molecular formula is C62H101NO8. The third-order valence-electron chi connectivity index (χ3n) is 12.2. The van der Waals surface area contributed by atoms with Crippen molar-refractivity contribution < 1.29 is 39.8 Å². The molecule has 1 aliphatic heterocycles. The molecule has 1 amide bonds. The second-order valence-electron chi connectivity index (χ2n) is 18.6. The summed E-state index contributed by atoms with van der Waals surface area (Å²) in [6.07, 6.45) is 69.5. The summed E-state index contributed by atoms with van der Waals surface area (Å²) in [6.45, 7) is 3.59. The number of amides is 1. The lowest BCUT2D eigenvalue weighted by Crippen LogP contribution is -2.60. The summed E-state index contributed by atoms with van der Waals surface area (Å²) in [5, 5.41) is 54.2. The van der Waals surface area contributed by atoms with Crippen LogP contribution in [0, 0.1) is 0 Å². The van der Waals surface area contributed by atoms with Crippen LogP contribution < -0.4 is 5.32 Å². The van der Waals surface area contributed by atoms with Gasteiger partial charge in [0.1, 0.15) is 24.4 Å². The van der Waals surface area contributed by atoms with Crippen LogP contribution in [0.1, 0.15) is 194 Å². The molecule has 0 spiro atoms. The minimum atomic E-state index is -1.58. The zero-order valence-electron chi connectivity index (χ0n) is 44.4. The molecule has 0 aromatic heterocycles. The standard InChI is InChI=1S/C62H101NO8/c1-3-5-7-9-11-13-15-16-17-18-19-20-21-22-23-24-25-26-27-28-29-30-31-32-33-34-35-36-37-38-39-40-42-44-46-48-50-52-58(66)63-55(54-70-62-61(69)60(68)59(67)57(53-64)71-62)56(65)51-49-47-45-43-41-14-12-10-8-6-4-2/h5,7,11,13,16-17,19-20,22-23,25-26,28-29,31-32,34-35,41,43,49,51,55-57,59-62,64-65,67-69H,3-4,6,8-10,12,14-15,18,21,24,27,30,33,36-40,42,44-48,50,52-54H2,1-2H3,(H,63,66)/b7-5-,13-11-,17-16-,20-19-,23-22-,26-25-,29-28-,32-31-,35-34-,43-41+,51-49+. The van der Waals surface area contributed by atoms with E-state index in [-0.39, 0.29) is 12.5 Å². The number of allylic oxidation sites excluding steroid dienone is 21. The molecule has 1 rings (SSSR count). The summed E-state index contributed by atoms with van der Waals surface area (Å²) in [7, 11) is 0. The maximum absolute atomic E-state index is 13.0. The van der Waals surface area contributed by atoms with Gasteiger partial charge in [0.15, 0.2) is 6.29 Å². The number of unbranched alkanes of at least 4 members (excludes halogenated alkanes) is 15. The summed E-state index contributed by atoms with van der Waals surface area (Å²) in [6, 6.07) is -0.833. The molecule has 402 valence electrons. The number of nitrogens with one attached hydrogen (secondary N) is 1. The highest BCUT2D eigenvalue weighted by Crippen LogP contribution is 2.22. The zero-order valence-corrected chi connectivity index (χ0v) is 44.4. The predicted octanol–water partition coefficient (Wildman–Crippen LogP) is 13.7. The maximum atomic E-state index is 13.0. The van der Waals surface area contributed by atoms with Crippen molar-refractivity contribution in [1.82, 2.24) is 5.32 Å². The monoisotopic (exact) mass is 988 g/mol. The van der Waals surface area contributed by atoms with E-state index in [4.69, 9.17) is 9.47 Å². The van der Waals surface area contributed by atoms with Gasteiger partial charge in [0.25, 0.3) is 0 Å². The Morgan fingerprint density at radius 3 is 1.35 bits per heavy atom. The Morgan fingerprint density at radius 1 is 0.493 bits per heavy atom. The molecule has 0 bridgehead atoms. The van der Waals surface area contributed by atoms with Crippen molar-refractivity contribution in [2.45, 2.75) is 236 Å². The molecule has 0 saturated carbocycles. The van der Waals surface area contributed by atoms with Crippen LogP contribution in [0.4, 0.5) is 0 Å². The Bertz CT molecular complexity index is 1570. The summed E-state index contributed by atoms with van der Waals surface area (Å²) in [4.78, 5) is 13.0. The summed E-state index contributed by atoms with van der Waals surface area (Å²) in [5.74, 6) is -0.202.